The third-order valence-electron chi connectivity index (χ3n) is 2.66. The van der Waals surface area contributed by atoms with Crippen molar-refractivity contribution in [1.82, 2.24) is 0 Å². The average molecular weight is 245 g/mol. The zero-order valence-electron chi connectivity index (χ0n) is 9.77. The first-order valence-corrected chi connectivity index (χ1v) is 5.31. The molecule has 0 atom stereocenters. The highest BCUT2D eigenvalue weighted by Gasteiger charge is 2.26. The lowest BCUT2D eigenvalue weighted by atomic mass is 10.1. The van der Waals surface area contributed by atoms with Gasteiger partial charge in [0.05, 0.1) is 36.7 Å². The number of nitrogens with zero attached hydrogens (tertiary/aromatic N) is 2. The largest absolute Gasteiger partial charge is 0.468 e. The number of nitriles is 1. The molecule has 0 unspecified atom stereocenters. The molecule has 92 valence electrons. The zero-order chi connectivity index (χ0) is 13.1. The summed E-state index contributed by atoms with van der Waals surface area (Å²) in [7, 11) is 1.27. The van der Waals surface area contributed by atoms with Crippen LogP contribution in [0.15, 0.2) is 18.2 Å². The van der Waals surface area contributed by atoms with Gasteiger partial charge in [0.15, 0.2) is 0 Å². The Hall–Kier alpha value is -2.55. The van der Waals surface area contributed by atoms with Gasteiger partial charge in [0.2, 0.25) is 5.91 Å². The Morgan fingerprint density at radius 1 is 1.61 bits per heavy atom. The number of carbonyl (C=O) groups excluding carboxylic acids is 2. The van der Waals surface area contributed by atoms with Gasteiger partial charge in [0, 0.05) is 0 Å². The van der Waals surface area contributed by atoms with Crippen molar-refractivity contribution in [3.05, 3.63) is 23.8 Å². The van der Waals surface area contributed by atoms with Crippen LogP contribution in [0.2, 0.25) is 0 Å². The van der Waals surface area contributed by atoms with Gasteiger partial charge in [-0.25, -0.2) is 0 Å². The standard InChI is InChI=1S/C12H11N3O3/c1-18-12(17)7-15-10-4-8(5-13)2-3-9(10)14-6-11(15)16/h2-4,14H,6-7H2,1H3. The number of ether oxygens (including phenoxy) is 1. The predicted molar refractivity (Wildman–Crippen MR) is 64.0 cm³/mol. The van der Waals surface area contributed by atoms with Crippen LogP contribution in [0.3, 0.4) is 0 Å². The maximum Gasteiger partial charge on any atom is 0.325 e. The van der Waals surface area contributed by atoms with Crippen LogP contribution in [0, 0.1) is 11.3 Å². The fourth-order valence-corrected chi connectivity index (χ4v) is 1.74. The molecular formula is C12H11N3O3. The minimum atomic E-state index is -0.501. The van der Waals surface area contributed by atoms with E-state index in [2.05, 4.69) is 10.1 Å². The van der Waals surface area contributed by atoms with Gasteiger partial charge >= 0.3 is 5.97 Å². The van der Waals surface area contributed by atoms with Crippen molar-refractivity contribution in [3.63, 3.8) is 0 Å². The highest BCUT2D eigenvalue weighted by Crippen LogP contribution is 2.30. The summed E-state index contributed by atoms with van der Waals surface area (Å²) >= 11 is 0. The van der Waals surface area contributed by atoms with E-state index in [9.17, 15) is 9.59 Å². The van der Waals surface area contributed by atoms with Gasteiger partial charge < -0.3 is 10.1 Å². The Balaban J connectivity index is 2.39. The zero-order valence-corrected chi connectivity index (χ0v) is 9.77. The summed E-state index contributed by atoms with van der Waals surface area (Å²) in [5, 5.41) is 11.8. The third kappa shape index (κ3) is 2.11. The first-order chi connectivity index (χ1) is 8.65. The fraction of sp³-hybridized carbons (Fsp3) is 0.250. The molecule has 1 amide bonds. The van der Waals surface area contributed by atoms with Crippen LogP contribution in [0.4, 0.5) is 11.4 Å². The molecular weight excluding hydrogens is 234 g/mol. The number of hydrogen-bond donors (Lipinski definition) is 1. The van der Waals surface area contributed by atoms with Crippen molar-refractivity contribution in [3.8, 4) is 6.07 Å². The molecule has 1 aromatic rings. The number of nitrogens with one attached hydrogen (secondary N) is 1. The molecule has 0 radical (unpaired) electrons. The normalized spacial score (nSPS) is 13.3. The number of fused-ring (bicyclic) bond motifs is 1. The minimum Gasteiger partial charge on any atom is -0.468 e. The molecule has 0 saturated carbocycles. The van der Waals surface area contributed by atoms with Gasteiger partial charge in [0.25, 0.3) is 0 Å². The van der Waals surface area contributed by atoms with Gasteiger partial charge in [-0.3, -0.25) is 14.5 Å². The van der Waals surface area contributed by atoms with Crippen molar-refractivity contribution < 1.29 is 14.3 Å². The Kier molecular flexibility index (Phi) is 3.15. The quantitative estimate of drug-likeness (QED) is 0.767. The van der Waals surface area contributed by atoms with E-state index in [-0.39, 0.29) is 19.0 Å². The molecule has 1 aliphatic rings. The summed E-state index contributed by atoms with van der Waals surface area (Å²) in [6.45, 7) is -0.0329. The molecule has 1 aliphatic heterocycles. The molecule has 1 heterocycles. The summed E-state index contributed by atoms with van der Waals surface area (Å²) in [6.07, 6.45) is 0. The van der Waals surface area contributed by atoms with Gasteiger partial charge in [-0.2, -0.15) is 5.26 Å². The van der Waals surface area contributed by atoms with Crippen molar-refractivity contribution in [2.24, 2.45) is 0 Å². The van der Waals surface area contributed by atoms with E-state index in [1.165, 1.54) is 12.0 Å². The van der Waals surface area contributed by atoms with Crippen LogP contribution in [0.5, 0.6) is 0 Å². The summed E-state index contributed by atoms with van der Waals surface area (Å²) in [4.78, 5) is 24.4. The number of methoxy groups -OCH3 is 1. The summed E-state index contributed by atoms with van der Waals surface area (Å²) in [5.41, 5.74) is 1.67. The summed E-state index contributed by atoms with van der Waals surface area (Å²) in [6, 6.07) is 6.93. The Morgan fingerprint density at radius 2 is 2.39 bits per heavy atom. The molecule has 2 rings (SSSR count). The van der Waals surface area contributed by atoms with Crippen LogP contribution in [-0.4, -0.2) is 32.1 Å². The Labute approximate surface area is 104 Å². The van der Waals surface area contributed by atoms with Gasteiger partial charge in [-0.15, -0.1) is 0 Å². The average Bonchev–Trinajstić information content (AvgIpc) is 2.41. The van der Waals surface area contributed by atoms with E-state index in [4.69, 9.17) is 5.26 Å². The molecule has 1 aromatic carbocycles. The molecule has 6 heteroatoms. The van der Waals surface area contributed by atoms with E-state index < -0.39 is 5.97 Å². The molecule has 0 aliphatic carbocycles. The lowest BCUT2D eigenvalue weighted by molar-refractivity contribution is -0.139. The second kappa shape index (κ2) is 4.75. The molecule has 18 heavy (non-hydrogen) atoms. The molecule has 0 spiro atoms. The van der Waals surface area contributed by atoms with Crippen LogP contribution < -0.4 is 10.2 Å². The lowest BCUT2D eigenvalue weighted by Crippen LogP contribution is -2.43. The van der Waals surface area contributed by atoms with E-state index in [0.717, 1.165) is 5.69 Å². The molecule has 0 fully saturated rings. The van der Waals surface area contributed by atoms with Gasteiger partial charge in [-0.1, -0.05) is 0 Å². The Bertz CT molecular complexity index is 548. The van der Waals surface area contributed by atoms with Crippen LogP contribution in [0.25, 0.3) is 0 Å². The van der Waals surface area contributed by atoms with Crippen LogP contribution in [-0.2, 0) is 14.3 Å². The molecule has 0 saturated heterocycles. The van der Waals surface area contributed by atoms with Crippen molar-refractivity contribution in [1.29, 1.82) is 5.26 Å². The monoisotopic (exact) mass is 245 g/mol. The second-order valence-electron chi connectivity index (χ2n) is 3.75. The van der Waals surface area contributed by atoms with E-state index in [1.807, 2.05) is 6.07 Å². The number of carbonyl (C=O) groups is 2. The second-order valence-corrected chi connectivity index (χ2v) is 3.75. The number of esters is 1. The van der Waals surface area contributed by atoms with Crippen molar-refractivity contribution in [2.45, 2.75) is 0 Å². The third-order valence-corrected chi connectivity index (χ3v) is 2.66. The first kappa shape index (κ1) is 11.9. The molecule has 6 nitrogen and oxygen atoms in total. The number of hydrogen-bond acceptors (Lipinski definition) is 5. The number of anilines is 2. The number of amides is 1. The minimum absolute atomic E-state index is 0.121. The lowest BCUT2D eigenvalue weighted by Gasteiger charge is -2.29. The summed E-state index contributed by atoms with van der Waals surface area (Å²) in [5.74, 6) is -0.735. The smallest absolute Gasteiger partial charge is 0.325 e. The molecule has 0 aromatic heterocycles. The van der Waals surface area contributed by atoms with Gasteiger partial charge in [0.1, 0.15) is 6.54 Å². The highest BCUT2D eigenvalue weighted by molar-refractivity contribution is 6.05. The van der Waals surface area contributed by atoms with Crippen molar-refractivity contribution in [2.75, 3.05) is 30.4 Å². The highest BCUT2D eigenvalue weighted by atomic mass is 16.5. The van der Waals surface area contributed by atoms with Crippen molar-refractivity contribution >= 4 is 23.3 Å². The van der Waals surface area contributed by atoms with Gasteiger partial charge in [-0.05, 0) is 18.2 Å². The number of benzene rings is 1. The molecule has 1 N–H and O–H groups in total. The van der Waals surface area contributed by atoms with Crippen LogP contribution >= 0.6 is 0 Å². The van der Waals surface area contributed by atoms with E-state index in [1.54, 1.807) is 18.2 Å². The SMILES string of the molecule is COC(=O)CN1C(=O)CNc2ccc(C#N)cc21. The Morgan fingerprint density at radius 3 is 3.06 bits per heavy atom. The van der Waals surface area contributed by atoms with E-state index >= 15 is 0 Å². The first-order valence-electron chi connectivity index (χ1n) is 5.31. The molecule has 0 bridgehead atoms. The maximum absolute atomic E-state index is 11.8. The maximum atomic E-state index is 11.8. The predicted octanol–water partition coefficient (Wildman–Crippen LogP) is 0.490. The van der Waals surface area contributed by atoms with Crippen LogP contribution in [0.1, 0.15) is 5.56 Å². The fourth-order valence-electron chi connectivity index (χ4n) is 1.74. The van der Waals surface area contributed by atoms with E-state index in [0.29, 0.717) is 11.3 Å². The topological polar surface area (TPSA) is 82.4 Å². The summed E-state index contributed by atoms with van der Waals surface area (Å²) < 4.78 is 4.55. The number of rotatable bonds is 2.